The molecule has 2 aromatic rings. The second kappa shape index (κ2) is 12.9. The second-order valence-electron chi connectivity index (χ2n) is 8.35. The minimum atomic E-state index is 0.0506. The van der Waals surface area contributed by atoms with Gasteiger partial charge >= 0.3 is 0 Å². The number of guanidine groups is 1. The van der Waals surface area contributed by atoms with Crippen molar-refractivity contribution in [1.82, 2.24) is 15.5 Å². The third-order valence-corrected chi connectivity index (χ3v) is 5.54. The molecular weight excluding hydrogens is 398 g/mol. The van der Waals surface area contributed by atoms with Crippen LogP contribution >= 0.6 is 0 Å². The summed E-state index contributed by atoms with van der Waals surface area (Å²) in [6.07, 6.45) is 4.03. The number of likely N-dealkylation sites (tertiary alicyclic amines) is 1. The Kier molecular flexibility index (Phi) is 9.57. The lowest BCUT2D eigenvalue weighted by Crippen LogP contribution is -2.36. The summed E-state index contributed by atoms with van der Waals surface area (Å²) in [4.78, 5) is 19.1. The maximum absolute atomic E-state index is 11.8. The number of anilines is 1. The van der Waals surface area contributed by atoms with Crippen LogP contribution in [0.15, 0.2) is 53.5 Å². The zero-order valence-corrected chi connectivity index (χ0v) is 19.5. The maximum Gasteiger partial charge on any atom is 0.224 e. The molecule has 6 heteroatoms. The summed E-state index contributed by atoms with van der Waals surface area (Å²) in [7, 11) is 0. The third kappa shape index (κ3) is 8.00. The number of carbonyl (C=O) groups excluding carboxylic acids is 1. The number of aliphatic imine (C=N–C) groups is 1. The Morgan fingerprint density at radius 2 is 1.72 bits per heavy atom. The fraction of sp³-hybridized carbons (Fsp3) is 0.462. The van der Waals surface area contributed by atoms with Crippen LogP contribution in [-0.2, 0) is 24.4 Å². The molecular formula is C26H37N5O. The molecule has 0 unspecified atom stereocenters. The molecule has 1 fully saturated rings. The van der Waals surface area contributed by atoms with Gasteiger partial charge in [-0.25, -0.2) is 4.99 Å². The Bertz CT molecular complexity index is 872. The van der Waals surface area contributed by atoms with Crippen LogP contribution in [0.4, 0.5) is 5.69 Å². The van der Waals surface area contributed by atoms with Gasteiger partial charge in [-0.3, -0.25) is 9.69 Å². The van der Waals surface area contributed by atoms with E-state index in [2.05, 4.69) is 52.0 Å². The van der Waals surface area contributed by atoms with Crippen molar-refractivity contribution in [2.75, 3.05) is 25.0 Å². The Morgan fingerprint density at radius 3 is 2.44 bits per heavy atom. The highest BCUT2D eigenvalue weighted by atomic mass is 16.1. The van der Waals surface area contributed by atoms with E-state index < -0.39 is 0 Å². The molecule has 0 saturated carbocycles. The van der Waals surface area contributed by atoms with Crippen LogP contribution < -0.4 is 16.0 Å². The first-order chi connectivity index (χ1) is 15.7. The average molecular weight is 436 g/mol. The van der Waals surface area contributed by atoms with Gasteiger partial charge in [0.15, 0.2) is 5.96 Å². The largest absolute Gasteiger partial charge is 0.357 e. The van der Waals surface area contributed by atoms with Gasteiger partial charge in [0.25, 0.3) is 0 Å². The van der Waals surface area contributed by atoms with Gasteiger partial charge in [0, 0.05) is 31.7 Å². The van der Waals surface area contributed by atoms with E-state index in [0.29, 0.717) is 13.0 Å². The third-order valence-electron chi connectivity index (χ3n) is 5.54. The number of benzene rings is 2. The Morgan fingerprint density at radius 1 is 0.969 bits per heavy atom. The number of hydrogen-bond donors (Lipinski definition) is 3. The second-order valence-corrected chi connectivity index (χ2v) is 8.35. The van der Waals surface area contributed by atoms with Crippen LogP contribution in [0.3, 0.4) is 0 Å². The molecule has 172 valence electrons. The van der Waals surface area contributed by atoms with Gasteiger partial charge < -0.3 is 16.0 Å². The molecule has 6 nitrogen and oxygen atoms in total. The molecule has 32 heavy (non-hydrogen) atoms. The summed E-state index contributed by atoms with van der Waals surface area (Å²) in [5.41, 5.74) is 4.49. The van der Waals surface area contributed by atoms with Gasteiger partial charge in [0.2, 0.25) is 5.91 Å². The van der Waals surface area contributed by atoms with E-state index in [9.17, 15) is 4.79 Å². The molecule has 3 N–H and O–H groups in total. The zero-order valence-electron chi connectivity index (χ0n) is 19.5. The van der Waals surface area contributed by atoms with E-state index in [1.807, 2.05) is 31.2 Å². The quantitative estimate of drug-likeness (QED) is 0.385. The fourth-order valence-electron chi connectivity index (χ4n) is 3.86. The number of carbonyl (C=O) groups is 1. The van der Waals surface area contributed by atoms with Crippen molar-refractivity contribution in [2.45, 2.75) is 59.2 Å². The van der Waals surface area contributed by atoms with Crippen molar-refractivity contribution in [3.63, 3.8) is 0 Å². The standard InChI is InChI=1S/C26H37N5O/c1-3-8-25(32)30-24-10-7-9-23(17-24)19-29-26(27-4-2)28-18-21-11-13-22(14-12-21)20-31-15-5-6-16-31/h7,9-14,17H,3-6,8,15-16,18-20H2,1-2H3,(H,30,32)(H2,27,28,29). The molecule has 1 heterocycles. The smallest absolute Gasteiger partial charge is 0.224 e. The normalized spacial score (nSPS) is 14.4. The van der Waals surface area contributed by atoms with Crippen LogP contribution in [-0.4, -0.2) is 36.4 Å². The van der Waals surface area contributed by atoms with E-state index in [4.69, 9.17) is 4.99 Å². The highest BCUT2D eigenvalue weighted by Gasteiger charge is 2.11. The van der Waals surface area contributed by atoms with Gasteiger partial charge in [-0.1, -0.05) is 43.3 Å². The van der Waals surface area contributed by atoms with Crippen molar-refractivity contribution in [2.24, 2.45) is 4.99 Å². The highest BCUT2D eigenvalue weighted by molar-refractivity contribution is 5.90. The molecule has 0 aromatic heterocycles. The van der Waals surface area contributed by atoms with Crippen molar-refractivity contribution in [3.05, 3.63) is 65.2 Å². The minimum absolute atomic E-state index is 0.0506. The van der Waals surface area contributed by atoms with Crippen molar-refractivity contribution < 1.29 is 4.79 Å². The van der Waals surface area contributed by atoms with Gasteiger partial charge in [0.1, 0.15) is 0 Å². The van der Waals surface area contributed by atoms with E-state index >= 15 is 0 Å². The Balaban J connectivity index is 1.53. The topological polar surface area (TPSA) is 68.8 Å². The number of rotatable bonds is 10. The summed E-state index contributed by atoms with van der Waals surface area (Å²) >= 11 is 0. The predicted molar refractivity (Wildman–Crippen MR) is 133 cm³/mol. The molecule has 1 amide bonds. The van der Waals surface area contributed by atoms with Crippen molar-refractivity contribution >= 4 is 17.6 Å². The van der Waals surface area contributed by atoms with E-state index in [1.54, 1.807) is 0 Å². The number of amides is 1. The average Bonchev–Trinajstić information content (AvgIpc) is 3.30. The van der Waals surface area contributed by atoms with Crippen LogP contribution in [0.2, 0.25) is 0 Å². The maximum atomic E-state index is 11.8. The lowest BCUT2D eigenvalue weighted by molar-refractivity contribution is -0.116. The summed E-state index contributed by atoms with van der Waals surface area (Å²) in [6.45, 7) is 9.63. The van der Waals surface area contributed by atoms with Crippen LogP contribution in [0.25, 0.3) is 0 Å². The number of nitrogens with zero attached hydrogens (tertiary/aromatic N) is 2. The van der Waals surface area contributed by atoms with E-state index in [0.717, 1.165) is 43.3 Å². The monoisotopic (exact) mass is 435 g/mol. The molecule has 1 aliphatic rings. The van der Waals surface area contributed by atoms with Crippen LogP contribution in [0.1, 0.15) is 56.2 Å². The van der Waals surface area contributed by atoms with E-state index in [1.165, 1.54) is 37.1 Å². The zero-order chi connectivity index (χ0) is 22.6. The van der Waals surface area contributed by atoms with Gasteiger partial charge in [-0.15, -0.1) is 0 Å². The van der Waals surface area contributed by atoms with Crippen molar-refractivity contribution in [1.29, 1.82) is 0 Å². The van der Waals surface area contributed by atoms with Crippen molar-refractivity contribution in [3.8, 4) is 0 Å². The summed E-state index contributed by atoms with van der Waals surface area (Å²) in [6, 6.07) is 16.7. The lowest BCUT2D eigenvalue weighted by Gasteiger charge is -2.15. The SMILES string of the molecule is CCCC(=O)Nc1cccc(CN=C(NCC)NCc2ccc(CN3CCCC3)cc2)c1. The molecule has 2 aromatic carbocycles. The van der Waals surface area contributed by atoms with Gasteiger partial charge in [-0.05, 0) is 68.1 Å². The molecule has 0 radical (unpaired) electrons. The molecule has 0 atom stereocenters. The molecule has 3 rings (SSSR count). The van der Waals surface area contributed by atoms with Crippen LogP contribution in [0.5, 0.6) is 0 Å². The first kappa shape index (κ1) is 23.8. The molecule has 0 spiro atoms. The molecule has 1 aliphatic heterocycles. The Labute approximate surface area is 192 Å². The fourth-order valence-corrected chi connectivity index (χ4v) is 3.86. The first-order valence-corrected chi connectivity index (χ1v) is 11.9. The van der Waals surface area contributed by atoms with Gasteiger partial charge in [-0.2, -0.15) is 0 Å². The Hall–Kier alpha value is -2.86. The van der Waals surface area contributed by atoms with Gasteiger partial charge in [0.05, 0.1) is 6.54 Å². The summed E-state index contributed by atoms with van der Waals surface area (Å²) in [5.74, 6) is 0.837. The highest BCUT2D eigenvalue weighted by Crippen LogP contribution is 2.14. The first-order valence-electron chi connectivity index (χ1n) is 11.9. The van der Waals surface area contributed by atoms with Crippen LogP contribution in [0, 0.1) is 0 Å². The molecule has 0 bridgehead atoms. The van der Waals surface area contributed by atoms with E-state index in [-0.39, 0.29) is 5.91 Å². The predicted octanol–water partition coefficient (Wildman–Crippen LogP) is 4.28. The summed E-state index contributed by atoms with van der Waals surface area (Å²) < 4.78 is 0. The number of hydrogen-bond acceptors (Lipinski definition) is 3. The molecule has 0 aliphatic carbocycles. The minimum Gasteiger partial charge on any atom is -0.357 e. The summed E-state index contributed by atoms with van der Waals surface area (Å²) in [5, 5.41) is 9.68. The lowest BCUT2D eigenvalue weighted by atomic mass is 10.1. The number of nitrogens with one attached hydrogen (secondary N) is 3. The molecule has 1 saturated heterocycles.